The van der Waals surface area contributed by atoms with E-state index in [9.17, 15) is 0 Å². The fourth-order valence-corrected chi connectivity index (χ4v) is 2.00. The molecule has 1 N–H and O–H groups in total. The van der Waals surface area contributed by atoms with Gasteiger partial charge in [-0.25, -0.2) is 0 Å². The molecule has 0 fully saturated rings. The average Bonchev–Trinajstić information content (AvgIpc) is 2.46. The molecule has 0 bridgehead atoms. The summed E-state index contributed by atoms with van der Waals surface area (Å²) in [5, 5.41) is 5.70. The van der Waals surface area contributed by atoms with Crippen LogP contribution in [0.4, 0.5) is 0 Å². The lowest BCUT2D eigenvalue weighted by Crippen LogP contribution is -2.21. The van der Waals surface area contributed by atoms with Crippen LogP contribution in [0, 0.1) is 0 Å². The van der Waals surface area contributed by atoms with Gasteiger partial charge >= 0.3 is 0 Å². The van der Waals surface area contributed by atoms with Gasteiger partial charge < -0.3 is 14.8 Å². The van der Waals surface area contributed by atoms with Gasteiger partial charge in [-0.15, -0.1) is 0 Å². The van der Waals surface area contributed by atoms with Crippen molar-refractivity contribution in [2.24, 2.45) is 0 Å². The minimum atomic E-state index is 0.730. The van der Waals surface area contributed by atoms with Crippen LogP contribution in [0.2, 0.25) is 0 Å². The zero-order valence-corrected chi connectivity index (χ0v) is 11.4. The van der Waals surface area contributed by atoms with Crippen LogP contribution in [0.15, 0.2) is 42.5 Å². The number of fused-ring (bicyclic) bond motifs is 1. The highest BCUT2D eigenvalue weighted by Crippen LogP contribution is 2.24. The minimum absolute atomic E-state index is 0.730. The maximum absolute atomic E-state index is 5.85. The van der Waals surface area contributed by atoms with Gasteiger partial charge in [-0.1, -0.05) is 36.4 Å². The molecule has 2 rings (SSSR count). The van der Waals surface area contributed by atoms with E-state index in [0.717, 1.165) is 38.5 Å². The number of nitrogens with one attached hydrogen (secondary N) is 1. The van der Waals surface area contributed by atoms with Crippen molar-refractivity contribution in [3.05, 3.63) is 42.5 Å². The van der Waals surface area contributed by atoms with Crippen molar-refractivity contribution in [3.63, 3.8) is 0 Å². The third-order valence-corrected chi connectivity index (χ3v) is 2.99. The van der Waals surface area contributed by atoms with Crippen molar-refractivity contribution in [2.45, 2.75) is 6.42 Å². The Morgan fingerprint density at radius 1 is 0.947 bits per heavy atom. The fourth-order valence-electron chi connectivity index (χ4n) is 2.00. The summed E-state index contributed by atoms with van der Waals surface area (Å²) in [5.74, 6) is 0.968. The molecule has 0 aromatic heterocycles. The third kappa shape index (κ3) is 4.23. The van der Waals surface area contributed by atoms with Crippen LogP contribution in [-0.2, 0) is 4.74 Å². The number of rotatable bonds is 8. The predicted octanol–water partition coefficient (Wildman–Crippen LogP) is 2.84. The maximum Gasteiger partial charge on any atom is 0.127 e. The van der Waals surface area contributed by atoms with E-state index in [2.05, 4.69) is 23.5 Å². The lowest BCUT2D eigenvalue weighted by Gasteiger charge is -2.09. The highest BCUT2D eigenvalue weighted by molar-refractivity contribution is 5.88. The molecule has 0 saturated heterocycles. The summed E-state index contributed by atoms with van der Waals surface area (Å²) in [6.45, 7) is 3.33. The van der Waals surface area contributed by atoms with Gasteiger partial charge in [0, 0.05) is 19.0 Å². The number of hydrogen-bond acceptors (Lipinski definition) is 3. The molecule has 3 heteroatoms. The lowest BCUT2D eigenvalue weighted by atomic mass is 10.1. The van der Waals surface area contributed by atoms with Crippen LogP contribution in [0.1, 0.15) is 6.42 Å². The van der Waals surface area contributed by atoms with E-state index in [4.69, 9.17) is 9.47 Å². The second-order valence-electron chi connectivity index (χ2n) is 4.42. The van der Waals surface area contributed by atoms with Crippen molar-refractivity contribution in [1.29, 1.82) is 0 Å². The molecule has 0 saturated carbocycles. The van der Waals surface area contributed by atoms with Crippen LogP contribution >= 0.6 is 0 Å². The van der Waals surface area contributed by atoms with Crippen molar-refractivity contribution in [2.75, 3.05) is 33.4 Å². The second-order valence-corrected chi connectivity index (χ2v) is 4.42. The summed E-state index contributed by atoms with van der Waals surface area (Å²) >= 11 is 0. The molecule has 0 atom stereocenters. The number of ether oxygens (including phenoxy) is 2. The Bertz CT molecular complexity index is 494. The van der Waals surface area contributed by atoms with Gasteiger partial charge in [0.05, 0.1) is 13.2 Å². The molecule has 0 amide bonds. The number of hydrogen-bond donors (Lipinski definition) is 1. The Labute approximate surface area is 114 Å². The molecule has 0 spiro atoms. The molecule has 19 heavy (non-hydrogen) atoms. The molecule has 2 aromatic rings. The zero-order chi connectivity index (χ0) is 13.3. The van der Waals surface area contributed by atoms with Crippen molar-refractivity contribution in [1.82, 2.24) is 5.32 Å². The monoisotopic (exact) mass is 259 g/mol. The van der Waals surface area contributed by atoms with Gasteiger partial charge in [-0.2, -0.15) is 0 Å². The van der Waals surface area contributed by atoms with Gasteiger partial charge in [0.2, 0.25) is 0 Å². The first kappa shape index (κ1) is 13.8. The molecule has 102 valence electrons. The van der Waals surface area contributed by atoms with Gasteiger partial charge in [-0.3, -0.25) is 0 Å². The second kappa shape index (κ2) is 7.77. The number of benzene rings is 2. The van der Waals surface area contributed by atoms with Crippen LogP contribution in [-0.4, -0.2) is 33.4 Å². The molecule has 0 radical (unpaired) electrons. The van der Waals surface area contributed by atoms with Gasteiger partial charge in [0.1, 0.15) is 5.75 Å². The van der Waals surface area contributed by atoms with Crippen LogP contribution in [0.5, 0.6) is 5.75 Å². The van der Waals surface area contributed by atoms with E-state index in [1.807, 2.05) is 24.3 Å². The number of methoxy groups -OCH3 is 1. The molecular formula is C16H21NO2. The van der Waals surface area contributed by atoms with Gasteiger partial charge in [0.15, 0.2) is 0 Å². The van der Waals surface area contributed by atoms with Crippen molar-refractivity contribution < 1.29 is 9.47 Å². The summed E-state index contributed by atoms with van der Waals surface area (Å²) < 4.78 is 10.8. The summed E-state index contributed by atoms with van der Waals surface area (Å²) in [7, 11) is 1.71. The van der Waals surface area contributed by atoms with E-state index >= 15 is 0 Å². The Balaban J connectivity index is 1.78. The molecule has 0 aliphatic carbocycles. The molecule has 3 nitrogen and oxygen atoms in total. The predicted molar refractivity (Wildman–Crippen MR) is 78.8 cm³/mol. The summed E-state index contributed by atoms with van der Waals surface area (Å²) in [6, 6.07) is 14.5. The normalized spacial score (nSPS) is 10.8. The standard InChI is InChI=1S/C16H21NO2/c1-18-13-11-17-10-5-12-19-16-9-4-7-14-6-2-3-8-15(14)16/h2-4,6-9,17H,5,10-13H2,1H3. The van der Waals surface area contributed by atoms with Crippen molar-refractivity contribution >= 4 is 10.8 Å². The van der Waals surface area contributed by atoms with Crippen LogP contribution < -0.4 is 10.1 Å². The van der Waals surface area contributed by atoms with Gasteiger partial charge in [-0.05, 0) is 24.4 Å². The van der Waals surface area contributed by atoms with E-state index in [-0.39, 0.29) is 0 Å². The highest BCUT2D eigenvalue weighted by Gasteiger charge is 2.00. The topological polar surface area (TPSA) is 30.5 Å². The maximum atomic E-state index is 5.85. The largest absolute Gasteiger partial charge is 0.493 e. The van der Waals surface area contributed by atoms with Gasteiger partial charge in [0.25, 0.3) is 0 Å². The Hall–Kier alpha value is -1.58. The first-order chi connectivity index (χ1) is 9.42. The Morgan fingerprint density at radius 3 is 2.68 bits per heavy atom. The Kier molecular flexibility index (Phi) is 5.66. The molecule has 2 aromatic carbocycles. The van der Waals surface area contributed by atoms with E-state index in [1.165, 1.54) is 10.8 Å². The first-order valence-electron chi connectivity index (χ1n) is 6.72. The highest BCUT2D eigenvalue weighted by atomic mass is 16.5. The average molecular weight is 259 g/mol. The van der Waals surface area contributed by atoms with E-state index in [0.29, 0.717) is 0 Å². The molecule has 0 heterocycles. The summed E-state index contributed by atoms with van der Waals surface area (Å²) in [4.78, 5) is 0. The third-order valence-electron chi connectivity index (χ3n) is 2.99. The minimum Gasteiger partial charge on any atom is -0.493 e. The molecule has 0 unspecified atom stereocenters. The zero-order valence-electron chi connectivity index (χ0n) is 11.4. The summed E-state index contributed by atoms with van der Waals surface area (Å²) in [6.07, 6.45) is 0.993. The quantitative estimate of drug-likeness (QED) is 0.739. The molecule has 0 aliphatic heterocycles. The van der Waals surface area contributed by atoms with E-state index < -0.39 is 0 Å². The Morgan fingerprint density at radius 2 is 1.79 bits per heavy atom. The SMILES string of the molecule is COCCNCCCOc1cccc2ccccc12. The first-order valence-corrected chi connectivity index (χ1v) is 6.72. The van der Waals surface area contributed by atoms with Crippen LogP contribution in [0.25, 0.3) is 10.8 Å². The summed E-state index contributed by atoms with van der Waals surface area (Å²) in [5.41, 5.74) is 0. The lowest BCUT2D eigenvalue weighted by molar-refractivity contribution is 0.198. The smallest absolute Gasteiger partial charge is 0.127 e. The molecular weight excluding hydrogens is 238 g/mol. The molecule has 0 aliphatic rings. The van der Waals surface area contributed by atoms with E-state index in [1.54, 1.807) is 7.11 Å². The van der Waals surface area contributed by atoms with Crippen LogP contribution in [0.3, 0.4) is 0 Å². The fraction of sp³-hybridized carbons (Fsp3) is 0.375. The van der Waals surface area contributed by atoms with Crippen molar-refractivity contribution in [3.8, 4) is 5.75 Å².